The third-order valence-corrected chi connectivity index (χ3v) is 7.32. The monoisotopic (exact) mass is 593 g/mol. The molecule has 8 nitrogen and oxygen atoms in total. The summed E-state index contributed by atoms with van der Waals surface area (Å²) < 4.78 is 18.7. The Bertz CT molecular complexity index is 1260. The van der Waals surface area contributed by atoms with Gasteiger partial charge in [0.15, 0.2) is 11.6 Å². The molecule has 0 aliphatic carbocycles. The van der Waals surface area contributed by atoms with Gasteiger partial charge < -0.3 is 19.3 Å². The van der Waals surface area contributed by atoms with E-state index in [-0.39, 0.29) is 12.5 Å². The Morgan fingerprint density at radius 2 is 1.77 bits per heavy atom. The SMILES string of the molecule is O=C(NN1CCOCC1)[C@@]1(Cc2ccc(Br)cc2)N=C(c2ccc(OCCCO)cc2)O[C@H]1c1ccccc1. The van der Waals surface area contributed by atoms with E-state index in [0.717, 1.165) is 21.2 Å². The van der Waals surface area contributed by atoms with Crippen LogP contribution in [-0.4, -0.2) is 67.0 Å². The molecule has 0 spiro atoms. The fraction of sp³-hybridized carbons (Fsp3) is 0.333. The molecule has 9 heteroatoms. The molecule has 2 N–H and O–H groups in total. The molecule has 3 aromatic rings. The van der Waals surface area contributed by atoms with Gasteiger partial charge in [-0.25, -0.2) is 10.0 Å². The van der Waals surface area contributed by atoms with Gasteiger partial charge in [0, 0.05) is 42.6 Å². The van der Waals surface area contributed by atoms with Gasteiger partial charge in [0.05, 0.1) is 19.8 Å². The lowest BCUT2D eigenvalue weighted by Crippen LogP contribution is -2.57. The molecule has 2 aliphatic heterocycles. The highest BCUT2D eigenvalue weighted by Gasteiger charge is 2.53. The first-order valence-corrected chi connectivity index (χ1v) is 13.9. The van der Waals surface area contributed by atoms with Gasteiger partial charge in [0.2, 0.25) is 5.90 Å². The van der Waals surface area contributed by atoms with Gasteiger partial charge in [-0.15, -0.1) is 0 Å². The zero-order valence-corrected chi connectivity index (χ0v) is 23.2. The van der Waals surface area contributed by atoms with Gasteiger partial charge in [-0.2, -0.15) is 0 Å². The van der Waals surface area contributed by atoms with Gasteiger partial charge in [0.1, 0.15) is 5.75 Å². The van der Waals surface area contributed by atoms with Crippen molar-refractivity contribution in [1.29, 1.82) is 0 Å². The summed E-state index contributed by atoms with van der Waals surface area (Å²) >= 11 is 3.51. The fourth-order valence-electron chi connectivity index (χ4n) is 4.74. The highest BCUT2D eigenvalue weighted by atomic mass is 79.9. The first-order valence-electron chi connectivity index (χ1n) is 13.1. The number of ether oxygens (including phenoxy) is 3. The molecule has 2 atom stereocenters. The topological polar surface area (TPSA) is 92.6 Å². The maximum atomic E-state index is 14.2. The number of hydrogen-bond acceptors (Lipinski definition) is 7. The maximum Gasteiger partial charge on any atom is 0.266 e. The third kappa shape index (κ3) is 6.50. The van der Waals surface area contributed by atoms with Crippen LogP contribution in [0.25, 0.3) is 0 Å². The molecule has 0 aromatic heterocycles. The summed E-state index contributed by atoms with van der Waals surface area (Å²) in [6.45, 7) is 2.83. The van der Waals surface area contributed by atoms with Crippen LogP contribution in [0.2, 0.25) is 0 Å². The number of carbonyl (C=O) groups is 1. The summed E-state index contributed by atoms with van der Waals surface area (Å²) in [6, 6.07) is 25.2. The van der Waals surface area contributed by atoms with Crippen LogP contribution in [0.3, 0.4) is 0 Å². The van der Waals surface area contributed by atoms with Crippen molar-refractivity contribution in [3.8, 4) is 5.75 Å². The van der Waals surface area contributed by atoms with Crippen molar-refractivity contribution in [1.82, 2.24) is 10.4 Å². The molecule has 2 heterocycles. The van der Waals surface area contributed by atoms with Crippen molar-refractivity contribution in [3.05, 3.63) is 100 Å². The molecule has 0 radical (unpaired) electrons. The number of nitrogens with zero attached hydrogens (tertiary/aromatic N) is 2. The molecule has 5 rings (SSSR count). The average Bonchev–Trinajstić information content (AvgIpc) is 3.36. The average molecular weight is 595 g/mol. The van der Waals surface area contributed by atoms with Gasteiger partial charge in [0.25, 0.3) is 5.91 Å². The number of aliphatic hydroxyl groups is 1. The number of hydrogen-bond donors (Lipinski definition) is 2. The van der Waals surface area contributed by atoms with Crippen LogP contribution in [0.15, 0.2) is 88.3 Å². The maximum absolute atomic E-state index is 14.2. The molecule has 0 unspecified atom stereocenters. The lowest BCUT2D eigenvalue weighted by Gasteiger charge is -2.34. The minimum Gasteiger partial charge on any atom is -0.494 e. The minimum atomic E-state index is -1.25. The molecule has 1 saturated heterocycles. The van der Waals surface area contributed by atoms with Crippen molar-refractivity contribution in [2.45, 2.75) is 24.5 Å². The van der Waals surface area contributed by atoms with E-state index in [1.165, 1.54) is 0 Å². The molecule has 1 fully saturated rings. The lowest BCUT2D eigenvalue weighted by molar-refractivity contribution is -0.136. The number of carbonyl (C=O) groups excluding carboxylic acids is 1. The van der Waals surface area contributed by atoms with Crippen molar-refractivity contribution in [2.75, 3.05) is 39.5 Å². The number of rotatable bonds is 10. The summed E-state index contributed by atoms with van der Waals surface area (Å²) in [5.74, 6) is 0.872. The predicted molar refractivity (Wildman–Crippen MR) is 152 cm³/mol. The molecule has 0 bridgehead atoms. The van der Waals surface area contributed by atoms with Crippen molar-refractivity contribution >= 4 is 27.7 Å². The molecule has 3 aromatic carbocycles. The summed E-state index contributed by atoms with van der Waals surface area (Å²) in [4.78, 5) is 19.3. The Morgan fingerprint density at radius 3 is 2.46 bits per heavy atom. The van der Waals surface area contributed by atoms with Crippen LogP contribution >= 0.6 is 15.9 Å². The number of nitrogens with one attached hydrogen (secondary N) is 1. The van der Waals surface area contributed by atoms with Crippen molar-refractivity contribution in [2.24, 2.45) is 4.99 Å². The highest BCUT2D eigenvalue weighted by Crippen LogP contribution is 2.42. The van der Waals surface area contributed by atoms with Crippen LogP contribution in [0.4, 0.5) is 0 Å². The van der Waals surface area contributed by atoms with Crippen molar-refractivity contribution in [3.63, 3.8) is 0 Å². The Morgan fingerprint density at radius 1 is 1.05 bits per heavy atom. The second kappa shape index (κ2) is 12.7. The largest absolute Gasteiger partial charge is 0.494 e. The van der Waals surface area contributed by atoms with Crippen LogP contribution in [0, 0.1) is 0 Å². The normalized spacial score (nSPS) is 21.2. The van der Waals surface area contributed by atoms with E-state index in [4.69, 9.17) is 24.3 Å². The summed E-state index contributed by atoms with van der Waals surface area (Å²) in [6.07, 6.45) is 0.272. The minimum absolute atomic E-state index is 0.0799. The molecule has 204 valence electrons. The summed E-state index contributed by atoms with van der Waals surface area (Å²) in [5, 5.41) is 10.9. The van der Waals surface area contributed by atoms with E-state index in [1.54, 1.807) is 0 Å². The quantitative estimate of drug-likeness (QED) is 0.344. The van der Waals surface area contributed by atoms with Gasteiger partial charge >= 0.3 is 0 Å². The molecule has 2 aliphatic rings. The molecular formula is C30H32BrN3O5. The Kier molecular flexibility index (Phi) is 8.93. The zero-order valence-electron chi connectivity index (χ0n) is 21.6. The number of amides is 1. The zero-order chi connectivity index (χ0) is 27.1. The molecular weight excluding hydrogens is 562 g/mol. The summed E-state index contributed by atoms with van der Waals surface area (Å²) in [5.41, 5.74) is 4.46. The summed E-state index contributed by atoms with van der Waals surface area (Å²) in [7, 11) is 0. The number of hydrazine groups is 1. The van der Waals surface area contributed by atoms with Crippen LogP contribution < -0.4 is 10.2 Å². The number of aliphatic hydroxyl groups excluding tert-OH is 1. The van der Waals surface area contributed by atoms with Gasteiger partial charge in [-0.1, -0.05) is 58.4 Å². The number of morpholine rings is 1. The van der Waals surface area contributed by atoms with E-state index >= 15 is 0 Å². The second-order valence-corrected chi connectivity index (χ2v) is 10.5. The second-order valence-electron chi connectivity index (χ2n) is 9.54. The fourth-order valence-corrected chi connectivity index (χ4v) is 5.00. The Balaban J connectivity index is 1.53. The van der Waals surface area contributed by atoms with E-state index in [9.17, 15) is 4.79 Å². The number of halogens is 1. The van der Waals surface area contributed by atoms with Gasteiger partial charge in [-0.05, 0) is 47.5 Å². The van der Waals surface area contributed by atoms with Crippen LogP contribution in [0.5, 0.6) is 5.75 Å². The standard InChI is InChI=1S/C30H32BrN3O5/c31-25-11-7-22(8-12-25)21-30(29(36)33-34-15-19-37-20-16-34)27(23-5-2-1-3-6-23)39-28(32-30)24-9-13-26(14-10-24)38-18-4-17-35/h1-3,5-14,27,35H,4,15-21H2,(H,33,36)/t27-,30-/m0/s1. The van der Waals surface area contributed by atoms with E-state index in [0.29, 0.717) is 57.4 Å². The number of aliphatic imine (C=N–C) groups is 1. The molecule has 1 amide bonds. The van der Waals surface area contributed by atoms with E-state index in [2.05, 4.69) is 21.4 Å². The third-order valence-electron chi connectivity index (χ3n) is 6.79. The predicted octanol–water partition coefficient (Wildman–Crippen LogP) is 4.07. The van der Waals surface area contributed by atoms with Gasteiger partial charge in [-0.3, -0.25) is 10.2 Å². The van der Waals surface area contributed by atoms with Crippen LogP contribution in [0.1, 0.15) is 29.2 Å². The Labute approximate surface area is 236 Å². The number of benzene rings is 3. The highest BCUT2D eigenvalue weighted by molar-refractivity contribution is 9.10. The Hall–Kier alpha value is -3.24. The first-order chi connectivity index (χ1) is 19.1. The van der Waals surface area contributed by atoms with E-state index < -0.39 is 11.6 Å². The molecule has 0 saturated carbocycles. The van der Waals surface area contributed by atoms with Crippen molar-refractivity contribution < 1.29 is 24.1 Å². The molecule has 39 heavy (non-hydrogen) atoms. The van der Waals surface area contributed by atoms with Crippen LogP contribution in [-0.2, 0) is 20.7 Å². The smallest absolute Gasteiger partial charge is 0.266 e. The lowest BCUT2D eigenvalue weighted by atomic mass is 9.82. The first kappa shape index (κ1) is 27.3. The van der Waals surface area contributed by atoms with E-state index in [1.807, 2.05) is 83.9 Å².